The lowest BCUT2D eigenvalue weighted by molar-refractivity contribution is 0.306. The minimum absolute atomic E-state index is 0.135. The Labute approximate surface area is 165 Å². The van der Waals surface area contributed by atoms with Crippen LogP contribution in [0, 0.1) is 0 Å². The van der Waals surface area contributed by atoms with E-state index in [-0.39, 0.29) is 5.43 Å². The van der Waals surface area contributed by atoms with Gasteiger partial charge in [-0.15, -0.1) is 0 Å². The molecule has 0 aliphatic heterocycles. The van der Waals surface area contributed by atoms with Gasteiger partial charge in [-0.2, -0.15) is 0 Å². The third-order valence-electron chi connectivity index (χ3n) is 4.18. The molecule has 4 rings (SSSR count). The molecule has 5 heteroatoms. The van der Waals surface area contributed by atoms with Crippen LogP contribution in [-0.4, -0.2) is 0 Å². The molecule has 3 nitrogen and oxygen atoms in total. The molecular weight excluding hydrogens is 383 g/mol. The highest BCUT2D eigenvalue weighted by molar-refractivity contribution is 6.31. The van der Waals surface area contributed by atoms with Crippen LogP contribution in [0.4, 0.5) is 0 Å². The molecule has 0 spiro atoms. The van der Waals surface area contributed by atoms with Crippen LogP contribution in [0.3, 0.4) is 0 Å². The fraction of sp³-hybridized carbons (Fsp3) is 0.0455. The van der Waals surface area contributed by atoms with Gasteiger partial charge in [0.05, 0.1) is 5.39 Å². The normalized spacial score (nSPS) is 10.9. The molecule has 27 heavy (non-hydrogen) atoms. The Morgan fingerprint density at radius 3 is 2.44 bits per heavy atom. The van der Waals surface area contributed by atoms with Gasteiger partial charge >= 0.3 is 0 Å². The first-order valence-electron chi connectivity index (χ1n) is 8.30. The van der Waals surface area contributed by atoms with E-state index >= 15 is 0 Å². The zero-order chi connectivity index (χ0) is 18.8. The molecular formula is C22H14Cl2O3. The van der Waals surface area contributed by atoms with Crippen molar-refractivity contribution in [1.82, 2.24) is 0 Å². The van der Waals surface area contributed by atoms with Gasteiger partial charge in [0.2, 0.25) is 0 Å². The van der Waals surface area contributed by atoms with Crippen molar-refractivity contribution in [2.24, 2.45) is 0 Å². The predicted octanol–water partition coefficient (Wildman–Crippen LogP) is 6.35. The minimum atomic E-state index is -0.135. The van der Waals surface area contributed by atoms with Crippen LogP contribution in [-0.2, 0) is 6.61 Å². The zero-order valence-electron chi connectivity index (χ0n) is 14.1. The SMILES string of the molecule is O=c1cc(-c2ccc(Cl)cc2)oc2ccc(OCc3ccccc3Cl)cc12. The van der Waals surface area contributed by atoms with Crippen LogP contribution in [0.1, 0.15) is 5.56 Å². The van der Waals surface area contributed by atoms with Gasteiger partial charge in [-0.25, -0.2) is 0 Å². The summed E-state index contributed by atoms with van der Waals surface area (Å²) in [7, 11) is 0. The summed E-state index contributed by atoms with van der Waals surface area (Å²) >= 11 is 12.1. The first-order chi connectivity index (χ1) is 13.1. The van der Waals surface area contributed by atoms with E-state index in [1.807, 2.05) is 36.4 Å². The first-order valence-corrected chi connectivity index (χ1v) is 9.06. The molecule has 0 aliphatic carbocycles. The molecule has 1 aromatic heterocycles. The molecule has 0 bridgehead atoms. The Hall–Kier alpha value is -2.75. The molecule has 0 amide bonds. The highest BCUT2D eigenvalue weighted by atomic mass is 35.5. The molecule has 0 saturated heterocycles. The largest absolute Gasteiger partial charge is 0.489 e. The van der Waals surface area contributed by atoms with Crippen LogP contribution in [0.2, 0.25) is 10.0 Å². The Kier molecular flexibility index (Phi) is 4.88. The lowest BCUT2D eigenvalue weighted by Gasteiger charge is -2.09. The molecule has 0 atom stereocenters. The van der Waals surface area contributed by atoms with Gasteiger partial charge in [0.1, 0.15) is 23.7 Å². The van der Waals surface area contributed by atoms with Crippen molar-refractivity contribution in [3.63, 3.8) is 0 Å². The van der Waals surface area contributed by atoms with E-state index < -0.39 is 0 Å². The van der Waals surface area contributed by atoms with Crippen molar-refractivity contribution in [3.8, 4) is 17.1 Å². The summed E-state index contributed by atoms with van der Waals surface area (Å²) in [6.07, 6.45) is 0. The number of hydrogen-bond acceptors (Lipinski definition) is 3. The quantitative estimate of drug-likeness (QED) is 0.403. The van der Waals surface area contributed by atoms with Crippen molar-refractivity contribution < 1.29 is 9.15 Å². The summed E-state index contributed by atoms with van der Waals surface area (Å²) in [6.45, 7) is 0.319. The van der Waals surface area contributed by atoms with E-state index in [0.717, 1.165) is 11.1 Å². The lowest BCUT2D eigenvalue weighted by Crippen LogP contribution is -2.02. The summed E-state index contributed by atoms with van der Waals surface area (Å²) in [6, 6.07) is 21.3. The predicted molar refractivity (Wildman–Crippen MR) is 109 cm³/mol. The van der Waals surface area contributed by atoms with Crippen molar-refractivity contribution in [2.75, 3.05) is 0 Å². The Morgan fingerprint density at radius 1 is 0.889 bits per heavy atom. The number of ether oxygens (including phenoxy) is 1. The van der Waals surface area contributed by atoms with Crippen LogP contribution in [0.25, 0.3) is 22.3 Å². The first kappa shape index (κ1) is 17.7. The second-order valence-electron chi connectivity index (χ2n) is 6.02. The maximum Gasteiger partial charge on any atom is 0.193 e. The summed E-state index contributed by atoms with van der Waals surface area (Å²) in [5, 5.41) is 1.73. The number of benzene rings is 3. The molecule has 0 fully saturated rings. The fourth-order valence-corrected chi connectivity index (χ4v) is 3.07. The summed E-state index contributed by atoms with van der Waals surface area (Å²) in [5.41, 5.74) is 2.03. The molecule has 134 valence electrons. The van der Waals surface area contributed by atoms with E-state index in [0.29, 0.717) is 39.1 Å². The third kappa shape index (κ3) is 3.85. The summed E-state index contributed by atoms with van der Waals surface area (Å²) < 4.78 is 11.7. The van der Waals surface area contributed by atoms with E-state index in [9.17, 15) is 4.79 Å². The zero-order valence-corrected chi connectivity index (χ0v) is 15.6. The van der Waals surface area contributed by atoms with Gasteiger partial charge in [-0.05, 0) is 48.5 Å². The molecule has 0 aliphatic rings. The molecule has 4 aromatic rings. The maximum atomic E-state index is 12.6. The van der Waals surface area contributed by atoms with Crippen LogP contribution >= 0.6 is 23.2 Å². The van der Waals surface area contributed by atoms with Gasteiger partial charge < -0.3 is 9.15 Å². The highest BCUT2D eigenvalue weighted by Crippen LogP contribution is 2.26. The number of hydrogen-bond donors (Lipinski definition) is 0. The van der Waals surface area contributed by atoms with Crippen molar-refractivity contribution in [3.05, 3.63) is 98.6 Å². The average Bonchev–Trinajstić information content (AvgIpc) is 2.68. The molecule has 0 saturated carbocycles. The smallest absolute Gasteiger partial charge is 0.193 e. The minimum Gasteiger partial charge on any atom is -0.489 e. The average molecular weight is 397 g/mol. The van der Waals surface area contributed by atoms with E-state index in [4.69, 9.17) is 32.4 Å². The van der Waals surface area contributed by atoms with Crippen LogP contribution in [0.15, 0.2) is 82.0 Å². The highest BCUT2D eigenvalue weighted by Gasteiger charge is 2.09. The molecule has 0 radical (unpaired) electrons. The standard InChI is InChI=1S/C22H14Cl2O3/c23-16-7-5-14(6-8-16)22-12-20(25)18-11-17(9-10-21(18)27-22)26-13-15-3-1-2-4-19(15)24/h1-12H,13H2. The monoisotopic (exact) mass is 396 g/mol. The van der Waals surface area contributed by atoms with Crippen LogP contribution < -0.4 is 10.2 Å². The van der Waals surface area contributed by atoms with Crippen molar-refractivity contribution in [2.45, 2.75) is 6.61 Å². The Bertz CT molecular complexity index is 1160. The van der Waals surface area contributed by atoms with Gasteiger partial charge in [0.15, 0.2) is 5.43 Å². The van der Waals surface area contributed by atoms with Crippen LogP contribution in [0.5, 0.6) is 5.75 Å². The lowest BCUT2D eigenvalue weighted by atomic mass is 10.1. The van der Waals surface area contributed by atoms with Crippen molar-refractivity contribution in [1.29, 1.82) is 0 Å². The Balaban J connectivity index is 1.64. The molecule has 3 aromatic carbocycles. The van der Waals surface area contributed by atoms with E-state index in [1.54, 1.807) is 30.3 Å². The number of fused-ring (bicyclic) bond motifs is 1. The van der Waals surface area contributed by atoms with Gasteiger partial charge in [-0.3, -0.25) is 4.79 Å². The topological polar surface area (TPSA) is 39.4 Å². The summed E-state index contributed by atoms with van der Waals surface area (Å²) in [5.74, 6) is 1.07. The van der Waals surface area contributed by atoms with Gasteiger partial charge in [0, 0.05) is 27.2 Å². The fourth-order valence-electron chi connectivity index (χ4n) is 2.76. The second-order valence-corrected chi connectivity index (χ2v) is 6.86. The summed E-state index contributed by atoms with van der Waals surface area (Å²) in [4.78, 5) is 12.6. The molecule has 0 unspecified atom stereocenters. The Morgan fingerprint density at radius 2 is 1.67 bits per heavy atom. The second kappa shape index (κ2) is 7.47. The van der Waals surface area contributed by atoms with E-state index in [1.165, 1.54) is 6.07 Å². The third-order valence-corrected chi connectivity index (χ3v) is 4.80. The van der Waals surface area contributed by atoms with Gasteiger partial charge in [-0.1, -0.05) is 41.4 Å². The molecule has 0 N–H and O–H groups in total. The number of halogens is 2. The van der Waals surface area contributed by atoms with Crippen molar-refractivity contribution >= 4 is 34.2 Å². The van der Waals surface area contributed by atoms with Gasteiger partial charge in [0.25, 0.3) is 0 Å². The van der Waals surface area contributed by atoms with E-state index in [2.05, 4.69) is 0 Å². The number of rotatable bonds is 4. The maximum absolute atomic E-state index is 12.6. The molecule has 1 heterocycles.